The largest absolute Gasteiger partial charge is 0.479 e. The molecule has 0 radical (unpaired) electrons. The minimum atomic E-state index is -4.38. The third-order valence-corrected chi connectivity index (χ3v) is 2.56. The summed E-state index contributed by atoms with van der Waals surface area (Å²) in [6.45, 7) is -0.759. The third-order valence-electron chi connectivity index (χ3n) is 1.64. The van der Waals surface area contributed by atoms with E-state index in [2.05, 4.69) is 4.74 Å². The second-order valence-electron chi connectivity index (χ2n) is 3.01. The smallest absolute Gasteiger partial charge is 0.255 e. The number of hydrogen-bond acceptors (Lipinski definition) is 4. The topological polar surface area (TPSA) is 112 Å². The molecule has 0 saturated heterocycles. The quantitative estimate of drug-likeness (QED) is 0.763. The number of hydrogen-bond donors (Lipinski definition) is 2. The fraction of sp³-hybridized carbons (Fsp3) is 0.125. The van der Waals surface area contributed by atoms with Gasteiger partial charge in [-0.25, -0.2) is 22.3 Å². The van der Waals surface area contributed by atoms with Crippen molar-refractivity contribution in [3.05, 3.63) is 23.8 Å². The summed E-state index contributed by atoms with van der Waals surface area (Å²) in [4.78, 5) is 9.54. The Bertz CT molecular complexity index is 559. The lowest BCUT2D eigenvalue weighted by molar-refractivity contribution is -0.120. The van der Waals surface area contributed by atoms with Gasteiger partial charge in [-0.05, 0) is 6.07 Å². The second kappa shape index (κ2) is 4.63. The number of nitrogens with two attached hydrogens (primary N) is 2. The van der Waals surface area contributed by atoms with Gasteiger partial charge in [0.05, 0.1) is 0 Å². The first-order valence-electron chi connectivity index (χ1n) is 4.14. The average Bonchev–Trinajstić information content (AvgIpc) is 2.13. The van der Waals surface area contributed by atoms with Gasteiger partial charge in [-0.3, -0.25) is 4.79 Å². The van der Waals surface area contributed by atoms with E-state index in [0.29, 0.717) is 12.1 Å². The van der Waals surface area contributed by atoms with Crippen molar-refractivity contribution in [1.29, 1.82) is 0 Å². The molecular formula is C8H8F2N2O4S. The summed E-state index contributed by atoms with van der Waals surface area (Å²) in [6.07, 6.45) is 0. The molecule has 1 rings (SSSR count). The van der Waals surface area contributed by atoms with Crippen molar-refractivity contribution < 1.29 is 26.7 Å². The number of carbonyl (C=O) groups is 1. The fourth-order valence-corrected chi connectivity index (χ4v) is 1.72. The maximum Gasteiger partial charge on any atom is 0.255 e. The number of amides is 1. The van der Waals surface area contributed by atoms with E-state index >= 15 is 0 Å². The van der Waals surface area contributed by atoms with Gasteiger partial charge in [0.25, 0.3) is 5.91 Å². The molecule has 0 aromatic heterocycles. The Balaban J connectivity index is 3.31. The van der Waals surface area contributed by atoms with Crippen LogP contribution in [0.15, 0.2) is 17.0 Å². The van der Waals surface area contributed by atoms with Crippen molar-refractivity contribution in [1.82, 2.24) is 0 Å². The molecule has 0 aliphatic carbocycles. The molecule has 0 spiro atoms. The van der Waals surface area contributed by atoms with Crippen LogP contribution in [0.1, 0.15) is 0 Å². The van der Waals surface area contributed by atoms with Crippen LogP contribution in [-0.4, -0.2) is 20.9 Å². The van der Waals surface area contributed by atoms with Gasteiger partial charge in [-0.1, -0.05) is 0 Å². The lowest BCUT2D eigenvalue weighted by Gasteiger charge is -2.09. The highest BCUT2D eigenvalue weighted by Gasteiger charge is 2.21. The molecule has 94 valence electrons. The SMILES string of the molecule is NC(=O)COc1c(F)cc(F)cc1S(N)(=O)=O. The zero-order valence-electron chi connectivity index (χ0n) is 8.31. The van der Waals surface area contributed by atoms with Crippen molar-refractivity contribution in [2.45, 2.75) is 4.90 Å². The standard InChI is InChI=1S/C8H8F2N2O4S/c9-4-1-5(10)8(16-3-7(11)13)6(2-4)17(12,14)15/h1-2H,3H2,(H2,11,13)(H2,12,14,15). The Kier molecular flexibility index (Phi) is 3.63. The Labute approximate surface area is 95.2 Å². The van der Waals surface area contributed by atoms with Crippen molar-refractivity contribution >= 4 is 15.9 Å². The first kappa shape index (κ1) is 13.3. The predicted molar refractivity (Wildman–Crippen MR) is 52.4 cm³/mol. The van der Waals surface area contributed by atoms with Crippen LogP contribution in [0.3, 0.4) is 0 Å². The highest BCUT2D eigenvalue weighted by Crippen LogP contribution is 2.27. The van der Waals surface area contributed by atoms with Gasteiger partial charge >= 0.3 is 0 Å². The van der Waals surface area contributed by atoms with Gasteiger partial charge in [0.2, 0.25) is 10.0 Å². The molecule has 0 bridgehead atoms. The average molecular weight is 266 g/mol. The number of rotatable bonds is 4. The lowest BCUT2D eigenvalue weighted by atomic mass is 10.3. The predicted octanol–water partition coefficient (Wildman–Crippen LogP) is -0.524. The van der Waals surface area contributed by atoms with Crippen LogP contribution >= 0.6 is 0 Å². The van der Waals surface area contributed by atoms with Gasteiger partial charge < -0.3 is 10.5 Å². The molecule has 1 amide bonds. The molecule has 0 aliphatic rings. The Hall–Kier alpha value is -1.74. The summed E-state index contributed by atoms with van der Waals surface area (Å²) in [7, 11) is -4.38. The maximum atomic E-state index is 13.3. The van der Waals surface area contributed by atoms with Crippen molar-refractivity contribution in [2.24, 2.45) is 10.9 Å². The second-order valence-corrected chi connectivity index (χ2v) is 4.54. The van der Waals surface area contributed by atoms with Gasteiger partial charge in [0.15, 0.2) is 18.2 Å². The normalized spacial score (nSPS) is 11.2. The van der Waals surface area contributed by atoms with E-state index in [1.807, 2.05) is 0 Å². The van der Waals surface area contributed by atoms with Crippen molar-refractivity contribution in [2.75, 3.05) is 6.61 Å². The molecule has 0 aliphatic heterocycles. The molecular weight excluding hydrogens is 258 g/mol. The van der Waals surface area contributed by atoms with E-state index in [0.717, 1.165) is 0 Å². The number of benzene rings is 1. The molecule has 0 fully saturated rings. The first-order valence-corrected chi connectivity index (χ1v) is 5.69. The monoisotopic (exact) mass is 266 g/mol. The molecule has 4 N–H and O–H groups in total. The number of ether oxygens (including phenoxy) is 1. The van der Waals surface area contributed by atoms with E-state index in [4.69, 9.17) is 10.9 Å². The highest BCUT2D eigenvalue weighted by molar-refractivity contribution is 7.89. The zero-order chi connectivity index (χ0) is 13.2. The summed E-state index contributed by atoms with van der Waals surface area (Å²) in [6, 6.07) is 0.875. The zero-order valence-corrected chi connectivity index (χ0v) is 9.13. The lowest BCUT2D eigenvalue weighted by Crippen LogP contribution is -2.22. The van der Waals surface area contributed by atoms with Crippen LogP contribution in [0.25, 0.3) is 0 Å². The molecule has 6 nitrogen and oxygen atoms in total. The van der Waals surface area contributed by atoms with Crippen LogP contribution in [-0.2, 0) is 14.8 Å². The molecule has 17 heavy (non-hydrogen) atoms. The molecule has 0 atom stereocenters. The van der Waals surface area contributed by atoms with Gasteiger partial charge in [0.1, 0.15) is 10.7 Å². The van der Waals surface area contributed by atoms with Gasteiger partial charge in [-0.2, -0.15) is 0 Å². The molecule has 1 aromatic rings. The summed E-state index contributed by atoms with van der Waals surface area (Å²) in [5.74, 6) is -4.23. The number of carbonyl (C=O) groups excluding carboxylic acids is 1. The van der Waals surface area contributed by atoms with Crippen molar-refractivity contribution in [3.8, 4) is 5.75 Å². The van der Waals surface area contributed by atoms with Crippen LogP contribution < -0.4 is 15.6 Å². The van der Waals surface area contributed by atoms with E-state index < -0.39 is 44.8 Å². The fourth-order valence-electron chi connectivity index (χ4n) is 1.03. The maximum absolute atomic E-state index is 13.3. The Morgan fingerprint density at radius 3 is 2.41 bits per heavy atom. The van der Waals surface area contributed by atoms with E-state index in [1.54, 1.807) is 0 Å². The highest BCUT2D eigenvalue weighted by atomic mass is 32.2. The first-order chi connectivity index (χ1) is 7.71. The summed E-state index contributed by atoms with van der Waals surface area (Å²) < 4.78 is 52.7. The summed E-state index contributed by atoms with van der Waals surface area (Å²) in [5.41, 5.74) is 4.74. The van der Waals surface area contributed by atoms with Crippen LogP contribution in [0.4, 0.5) is 8.78 Å². The molecule has 1 aromatic carbocycles. The van der Waals surface area contributed by atoms with E-state index in [9.17, 15) is 22.0 Å². The van der Waals surface area contributed by atoms with Crippen molar-refractivity contribution in [3.63, 3.8) is 0 Å². The number of primary amides is 1. The Morgan fingerprint density at radius 1 is 1.35 bits per heavy atom. The van der Waals surface area contributed by atoms with Crippen LogP contribution in [0, 0.1) is 11.6 Å². The van der Waals surface area contributed by atoms with Gasteiger partial charge in [-0.15, -0.1) is 0 Å². The molecule has 9 heteroatoms. The van der Waals surface area contributed by atoms with E-state index in [1.165, 1.54) is 0 Å². The number of halogens is 2. The van der Waals surface area contributed by atoms with Crippen LogP contribution in [0.2, 0.25) is 0 Å². The Morgan fingerprint density at radius 2 is 1.94 bits per heavy atom. The van der Waals surface area contributed by atoms with Gasteiger partial charge in [0, 0.05) is 6.07 Å². The third kappa shape index (κ3) is 3.36. The summed E-state index contributed by atoms with van der Waals surface area (Å²) >= 11 is 0. The minimum Gasteiger partial charge on any atom is -0.479 e. The van der Waals surface area contributed by atoms with E-state index in [-0.39, 0.29) is 0 Å². The number of primary sulfonamides is 1. The molecule has 0 unspecified atom stereocenters. The molecule has 0 saturated carbocycles. The minimum absolute atomic E-state index is 0.394. The summed E-state index contributed by atoms with van der Waals surface area (Å²) in [5, 5.41) is 4.74. The van der Waals surface area contributed by atoms with Crippen LogP contribution in [0.5, 0.6) is 5.75 Å². The number of sulfonamides is 1. The molecule has 0 heterocycles.